The summed E-state index contributed by atoms with van der Waals surface area (Å²) in [6, 6.07) is 11.6. The molecule has 6 nitrogen and oxygen atoms in total. The molecule has 0 spiro atoms. The van der Waals surface area contributed by atoms with Crippen LogP contribution >= 0.6 is 0 Å². The number of H-pyrrole nitrogens is 1. The van der Waals surface area contributed by atoms with Gasteiger partial charge in [0.25, 0.3) is 5.91 Å². The molecule has 0 radical (unpaired) electrons. The molecule has 1 saturated carbocycles. The molecule has 28 heavy (non-hydrogen) atoms. The summed E-state index contributed by atoms with van der Waals surface area (Å²) in [5, 5.41) is 21.1. The van der Waals surface area contributed by atoms with Crippen LogP contribution < -0.4 is 5.32 Å². The van der Waals surface area contributed by atoms with Crippen molar-refractivity contribution in [1.29, 1.82) is 0 Å². The van der Waals surface area contributed by atoms with Gasteiger partial charge >= 0.3 is 0 Å². The third kappa shape index (κ3) is 3.92. The number of aliphatic hydroxyl groups excluding tert-OH is 1. The Morgan fingerprint density at radius 2 is 2.07 bits per heavy atom. The van der Waals surface area contributed by atoms with Crippen LogP contribution in [0.25, 0.3) is 10.9 Å². The van der Waals surface area contributed by atoms with E-state index in [4.69, 9.17) is 0 Å². The number of aromatic nitrogens is 3. The molecule has 1 aliphatic carbocycles. The molecule has 2 aromatic heterocycles. The largest absolute Gasteiger partial charge is 0.393 e. The van der Waals surface area contributed by atoms with E-state index in [1.807, 2.05) is 36.5 Å². The summed E-state index contributed by atoms with van der Waals surface area (Å²) in [4.78, 5) is 17.4. The number of carbonyl (C=O) groups is 1. The van der Waals surface area contributed by atoms with Crippen LogP contribution in [0.3, 0.4) is 0 Å². The van der Waals surface area contributed by atoms with Crippen LogP contribution in [-0.4, -0.2) is 32.3 Å². The van der Waals surface area contributed by atoms with Gasteiger partial charge in [0, 0.05) is 17.3 Å². The fourth-order valence-corrected chi connectivity index (χ4v) is 3.87. The first-order chi connectivity index (χ1) is 13.5. The Hall–Kier alpha value is -2.73. The molecule has 1 fully saturated rings. The summed E-state index contributed by atoms with van der Waals surface area (Å²) in [5.74, 6) is 0.478. The number of amides is 1. The molecular formula is C22H26N4O2. The molecule has 1 aliphatic rings. The van der Waals surface area contributed by atoms with Crippen molar-refractivity contribution in [2.45, 2.75) is 45.3 Å². The predicted octanol–water partition coefficient (Wildman–Crippen LogP) is 3.40. The second kappa shape index (κ2) is 7.72. The monoisotopic (exact) mass is 378 g/mol. The van der Waals surface area contributed by atoms with Crippen LogP contribution in [0.15, 0.2) is 42.6 Å². The maximum absolute atomic E-state index is 12.8. The van der Waals surface area contributed by atoms with Gasteiger partial charge in [0.2, 0.25) is 0 Å². The molecule has 1 atom stereocenters. The number of nitrogens with one attached hydrogen (secondary N) is 2. The minimum absolute atomic E-state index is 0.191. The lowest BCUT2D eigenvalue weighted by molar-refractivity contribution is 0.0234. The number of aliphatic hydroxyl groups is 1. The molecule has 0 bridgehead atoms. The zero-order valence-corrected chi connectivity index (χ0v) is 16.2. The van der Waals surface area contributed by atoms with E-state index in [0.717, 1.165) is 28.6 Å². The number of aromatic amines is 1. The first-order valence-electron chi connectivity index (χ1n) is 9.87. The number of para-hydroxylation sites is 1. The molecule has 6 heteroatoms. The van der Waals surface area contributed by atoms with Gasteiger partial charge in [-0.3, -0.25) is 14.9 Å². The van der Waals surface area contributed by atoms with Crippen molar-refractivity contribution in [1.82, 2.24) is 20.5 Å². The van der Waals surface area contributed by atoms with E-state index in [9.17, 15) is 9.90 Å². The molecule has 1 amide bonds. The number of carbonyl (C=O) groups excluding carboxylic acids is 1. The number of rotatable bonds is 6. The SMILES string of the molecule is CC(C)Cc1cc(C(=O)N[C@@H](c2cnc3ccccc3c2)C2CC(O)C2)n[nH]1. The molecule has 3 aromatic rings. The summed E-state index contributed by atoms with van der Waals surface area (Å²) >= 11 is 0. The third-order valence-electron chi connectivity index (χ3n) is 5.37. The Bertz CT molecular complexity index is 975. The van der Waals surface area contributed by atoms with Gasteiger partial charge in [-0.15, -0.1) is 0 Å². The minimum atomic E-state index is -0.291. The highest BCUT2D eigenvalue weighted by molar-refractivity contribution is 5.92. The third-order valence-corrected chi connectivity index (χ3v) is 5.37. The summed E-state index contributed by atoms with van der Waals surface area (Å²) < 4.78 is 0. The number of pyridine rings is 1. The molecule has 146 valence electrons. The number of hydrogen-bond donors (Lipinski definition) is 3. The Labute approximate surface area is 164 Å². The molecule has 0 aliphatic heterocycles. The number of benzene rings is 1. The molecular weight excluding hydrogens is 352 g/mol. The quantitative estimate of drug-likeness (QED) is 0.613. The van der Waals surface area contributed by atoms with Gasteiger partial charge in [0.1, 0.15) is 5.69 Å². The summed E-state index contributed by atoms with van der Waals surface area (Å²) in [5.41, 5.74) is 3.25. The van der Waals surface area contributed by atoms with Gasteiger partial charge in [-0.05, 0) is 54.9 Å². The second-order valence-electron chi connectivity index (χ2n) is 8.17. The van der Waals surface area contributed by atoms with E-state index < -0.39 is 0 Å². The van der Waals surface area contributed by atoms with Crippen molar-refractivity contribution in [3.05, 3.63) is 59.5 Å². The average molecular weight is 378 g/mol. The standard InChI is InChI=1S/C22H26N4O2/c1-13(2)7-17-11-20(26-25-17)22(28)24-21(15-9-18(27)10-15)16-8-14-5-3-4-6-19(14)23-12-16/h3-6,8,11-13,15,18,21,27H,7,9-10H2,1-2H3,(H,24,28)(H,25,26)/t15?,18?,21-/m1/s1. The fourth-order valence-electron chi connectivity index (χ4n) is 3.87. The Kier molecular flexibility index (Phi) is 5.13. The predicted molar refractivity (Wildman–Crippen MR) is 108 cm³/mol. The number of fused-ring (bicyclic) bond motifs is 1. The zero-order chi connectivity index (χ0) is 19.7. The van der Waals surface area contributed by atoms with Crippen molar-refractivity contribution in [3.63, 3.8) is 0 Å². The van der Waals surface area contributed by atoms with Crippen LogP contribution in [-0.2, 0) is 6.42 Å². The van der Waals surface area contributed by atoms with Gasteiger partial charge in [0.15, 0.2) is 0 Å². The van der Waals surface area contributed by atoms with Gasteiger partial charge in [0.05, 0.1) is 17.7 Å². The van der Waals surface area contributed by atoms with Crippen molar-refractivity contribution >= 4 is 16.8 Å². The topological polar surface area (TPSA) is 90.9 Å². The van der Waals surface area contributed by atoms with E-state index in [1.54, 1.807) is 0 Å². The lowest BCUT2D eigenvalue weighted by Crippen LogP contribution is -2.41. The normalized spacial score (nSPS) is 20.1. The zero-order valence-electron chi connectivity index (χ0n) is 16.2. The Balaban J connectivity index is 1.57. The Morgan fingerprint density at radius 3 is 2.82 bits per heavy atom. The van der Waals surface area contributed by atoms with Gasteiger partial charge in [-0.25, -0.2) is 0 Å². The number of nitrogens with zero attached hydrogens (tertiary/aromatic N) is 2. The second-order valence-corrected chi connectivity index (χ2v) is 8.17. The van der Waals surface area contributed by atoms with Crippen molar-refractivity contribution in [2.24, 2.45) is 11.8 Å². The van der Waals surface area contributed by atoms with E-state index in [2.05, 4.69) is 40.4 Å². The molecule has 1 aromatic carbocycles. The first-order valence-corrected chi connectivity index (χ1v) is 9.87. The first kappa shape index (κ1) is 18.6. The van der Waals surface area contributed by atoms with Crippen LogP contribution in [0.2, 0.25) is 0 Å². The maximum Gasteiger partial charge on any atom is 0.272 e. The minimum Gasteiger partial charge on any atom is -0.393 e. The Morgan fingerprint density at radius 1 is 1.29 bits per heavy atom. The average Bonchev–Trinajstić information content (AvgIpc) is 3.11. The molecule has 2 heterocycles. The van der Waals surface area contributed by atoms with Crippen LogP contribution in [0.4, 0.5) is 0 Å². The van der Waals surface area contributed by atoms with Crippen LogP contribution in [0.5, 0.6) is 0 Å². The fraction of sp³-hybridized carbons (Fsp3) is 0.409. The van der Waals surface area contributed by atoms with E-state index >= 15 is 0 Å². The highest BCUT2D eigenvalue weighted by atomic mass is 16.3. The highest BCUT2D eigenvalue weighted by Crippen LogP contribution is 2.38. The summed E-state index contributed by atoms with van der Waals surface area (Å²) in [6.07, 6.45) is 3.74. The lowest BCUT2D eigenvalue weighted by atomic mass is 9.75. The molecule has 3 N–H and O–H groups in total. The van der Waals surface area contributed by atoms with Crippen LogP contribution in [0.1, 0.15) is 54.5 Å². The van der Waals surface area contributed by atoms with Gasteiger partial charge in [-0.1, -0.05) is 32.0 Å². The summed E-state index contributed by atoms with van der Waals surface area (Å²) in [7, 11) is 0. The van der Waals surface area contributed by atoms with Crippen LogP contribution in [0, 0.1) is 11.8 Å². The van der Waals surface area contributed by atoms with Crippen molar-refractivity contribution in [3.8, 4) is 0 Å². The van der Waals surface area contributed by atoms with Crippen molar-refractivity contribution in [2.75, 3.05) is 0 Å². The van der Waals surface area contributed by atoms with E-state index in [0.29, 0.717) is 24.5 Å². The van der Waals surface area contributed by atoms with E-state index in [-0.39, 0.29) is 24.0 Å². The van der Waals surface area contributed by atoms with Crippen molar-refractivity contribution < 1.29 is 9.90 Å². The molecule has 4 rings (SSSR count). The smallest absolute Gasteiger partial charge is 0.272 e. The molecule has 0 saturated heterocycles. The highest BCUT2D eigenvalue weighted by Gasteiger charge is 2.36. The summed E-state index contributed by atoms with van der Waals surface area (Å²) in [6.45, 7) is 4.26. The molecule has 0 unspecified atom stereocenters. The lowest BCUT2D eigenvalue weighted by Gasteiger charge is -2.38. The number of hydrogen-bond acceptors (Lipinski definition) is 4. The maximum atomic E-state index is 12.8. The van der Waals surface area contributed by atoms with Gasteiger partial charge < -0.3 is 10.4 Å². The van der Waals surface area contributed by atoms with E-state index in [1.165, 1.54) is 0 Å². The van der Waals surface area contributed by atoms with Gasteiger partial charge in [-0.2, -0.15) is 5.10 Å².